The number of hydrogen-bond donors (Lipinski definition) is 0. The molecule has 1 aromatic rings. The molecule has 1 aliphatic heterocycles. The molecule has 5 nitrogen and oxygen atoms in total. The summed E-state index contributed by atoms with van der Waals surface area (Å²) in [5, 5.41) is 0. The van der Waals surface area contributed by atoms with Crippen LogP contribution in [-0.2, 0) is 13.3 Å². The average molecular weight is 393 g/mol. The second kappa shape index (κ2) is 8.77. The molecule has 0 aliphatic carbocycles. The van der Waals surface area contributed by atoms with E-state index in [4.69, 9.17) is 13.3 Å². The Morgan fingerprint density at radius 2 is 1.22 bits per heavy atom. The van der Waals surface area contributed by atoms with Gasteiger partial charge < -0.3 is 22.7 Å². The number of rotatable bonds is 8. The van der Waals surface area contributed by atoms with Gasteiger partial charge in [0.1, 0.15) is 0 Å². The van der Waals surface area contributed by atoms with Gasteiger partial charge in [-0.3, -0.25) is 0 Å². The Bertz CT molecular complexity index is 624. The molecule has 27 heavy (non-hydrogen) atoms. The molecule has 0 bridgehead atoms. The smallest absolute Gasteiger partial charge is 0.354 e. The van der Waals surface area contributed by atoms with E-state index in [-0.39, 0.29) is 18.3 Å². The first-order valence-corrected chi connectivity index (χ1v) is 11.5. The molecule has 0 unspecified atom stereocenters. The van der Waals surface area contributed by atoms with Crippen molar-refractivity contribution in [2.24, 2.45) is 0 Å². The zero-order valence-electron chi connectivity index (χ0n) is 18.4. The zero-order chi connectivity index (χ0) is 20.4. The van der Waals surface area contributed by atoms with E-state index in [1.54, 1.807) is 0 Å². The molecular weight excluding hydrogens is 356 g/mol. The summed E-state index contributed by atoms with van der Waals surface area (Å²) < 4.78 is 21.2. The number of hydrogen-bond acceptors (Lipinski definition) is 5. The van der Waals surface area contributed by atoms with Gasteiger partial charge in [-0.05, 0) is 73.4 Å². The van der Waals surface area contributed by atoms with Crippen molar-refractivity contribution in [3.05, 3.63) is 41.2 Å². The molecule has 0 N–H and O–H groups in total. The number of aryl methyl sites for hydroxylation is 3. The van der Waals surface area contributed by atoms with Crippen molar-refractivity contribution in [1.29, 1.82) is 0 Å². The van der Waals surface area contributed by atoms with E-state index in [9.17, 15) is 0 Å². The van der Waals surface area contributed by atoms with Gasteiger partial charge in [0.15, 0.2) is 0 Å². The van der Waals surface area contributed by atoms with Crippen LogP contribution in [0.2, 0.25) is 0 Å². The van der Waals surface area contributed by atoms with E-state index in [0.717, 1.165) is 0 Å². The Kier molecular flexibility index (Phi) is 7.13. The highest BCUT2D eigenvalue weighted by molar-refractivity contribution is 6.58. The van der Waals surface area contributed by atoms with Crippen molar-refractivity contribution in [3.8, 4) is 0 Å². The number of nitrogens with zero attached hydrogens (tertiary/aromatic N) is 2. The average Bonchev–Trinajstić information content (AvgIpc) is 2.93. The Morgan fingerprint density at radius 1 is 0.778 bits per heavy atom. The molecule has 0 aromatic heterocycles. The summed E-state index contributed by atoms with van der Waals surface area (Å²) in [5.41, 5.74) is 5.06. The molecule has 0 amide bonds. The first kappa shape index (κ1) is 22.0. The van der Waals surface area contributed by atoms with Crippen LogP contribution in [0.5, 0.6) is 0 Å². The van der Waals surface area contributed by atoms with Crippen LogP contribution in [0.15, 0.2) is 24.5 Å². The summed E-state index contributed by atoms with van der Waals surface area (Å²) in [6.45, 7) is 19.3. The molecule has 2 rings (SSSR count). The van der Waals surface area contributed by atoms with E-state index in [1.807, 2.05) is 41.5 Å². The lowest BCUT2D eigenvalue weighted by atomic mass is 10.0. The maximum atomic E-state index is 6.35. The minimum absolute atomic E-state index is 0.0134. The fraction of sp³-hybridized carbons (Fsp3) is 0.619. The fourth-order valence-corrected chi connectivity index (χ4v) is 6.48. The predicted molar refractivity (Wildman–Crippen MR) is 113 cm³/mol. The molecular formula is C21H36N2O3Si. The Morgan fingerprint density at radius 3 is 1.63 bits per heavy atom. The topological polar surface area (TPSA) is 34.2 Å². The molecule has 0 saturated carbocycles. The minimum atomic E-state index is -3.07. The van der Waals surface area contributed by atoms with Crippen molar-refractivity contribution in [2.45, 2.75) is 80.6 Å². The second-order valence-corrected chi connectivity index (χ2v) is 10.5. The van der Waals surface area contributed by atoms with Crippen LogP contribution in [0.3, 0.4) is 0 Å². The second-order valence-electron chi connectivity index (χ2n) is 8.15. The van der Waals surface area contributed by atoms with Crippen molar-refractivity contribution in [3.63, 3.8) is 0 Å². The monoisotopic (exact) mass is 392 g/mol. The third-order valence-electron chi connectivity index (χ3n) is 4.16. The van der Waals surface area contributed by atoms with Gasteiger partial charge in [0.25, 0.3) is 0 Å². The minimum Gasteiger partial charge on any atom is -0.354 e. The lowest BCUT2D eigenvalue weighted by molar-refractivity contribution is -0.0286. The fourth-order valence-electron chi connectivity index (χ4n) is 3.55. The first-order chi connectivity index (χ1) is 12.5. The van der Waals surface area contributed by atoms with Crippen LogP contribution < -0.4 is 4.90 Å². The van der Waals surface area contributed by atoms with Crippen LogP contribution in [-0.4, -0.2) is 38.5 Å². The Hall–Kier alpha value is -1.34. The highest BCUT2D eigenvalue weighted by Gasteiger charge is 2.52. The summed E-state index contributed by atoms with van der Waals surface area (Å²) in [6, 6.07) is 4.45. The largest absolute Gasteiger partial charge is 0.635 e. The molecule has 0 spiro atoms. The van der Waals surface area contributed by atoms with Gasteiger partial charge in [-0.25, -0.2) is 0 Å². The quantitative estimate of drug-likeness (QED) is 0.589. The molecule has 1 heterocycles. The maximum absolute atomic E-state index is 6.35. The lowest BCUT2D eigenvalue weighted by Crippen LogP contribution is -2.62. The zero-order valence-corrected chi connectivity index (χ0v) is 19.4. The van der Waals surface area contributed by atoms with Crippen molar-refractivity contribution < 1.29 is 13.3 Å². The Labute approximate surface area is 166 Å². The van der Waals surface area contributed by atoms with Crippen LogP contribution in [0.25, 0.3) is 0 Å². The van der Waals surface area contributed by atoms with Gasteiger partial charge in [-0.1, -0.05) is 17.7 Å². The molecule has 1 aliphatic rings. The highest BCUT2D eigenvalue weighted by atomic mass is 28.4. The standard InChI is InChI=1S/C21H36N2O3Si/c1-15(2)24-27(25-16(3)4,26-17(5)6)23-11-10-22(14-23)21-19(8)12-18(7)13-20(21)9/h10-13,15-17H,14H2,1-9H3. The van der Waals surface area contributed by atoms with Gasteiger partial charge in [0.05, 0.1) is 6.67 Å². The van der Waals surface area contributed by atoms with Crippen LogP contribution in [0.4, 0.5) is 5.69 Å². The van der Waals surface area contributed by atoms with Gasteiger partial charge in [-0.15, -0.1) is 0 Å². The first-order valence-electron chi connectivity index (χ1n) is 9.87. The molecule has 1 aromatic carbocycles. The van der Waals surface area contributed by atoms with E-state index in [1.165, 1.54) is 22.4 Å². The molecule has 0 atom stereocenters. The number of benzene rings is 1. The van der Waals surface area contributed by atoms with Crippen LogP contribution >= 0.6 is 0 Å². The highest BCUT2D eigenvalue weighted by Crippen LogP contribution is 2.32. The van der Waals surface area contributed by atoms with Crippen LogP contribution in [0.1, 0.15) is 58.2 Å². The molecule has 0 fully saturated rings. The summed E-state index contributed by atoms with van der Waals surface area (Å²) in [5.74, 6) is 0. The maximum Gasteiger partial charge on any atom is 0.635 e. The molecule has 0 radical (unpaired) electrons. The van der Waals surface area contributed by atoms with Crippen molar-refractivity contribution >= 4 is 14.7 Å². The molecule has 152 valence electrons. The van der Waals surface area contributed by atoms with Gasteiger partial charge in [0, 0.05) is 36.4 Å². The normalized spacial score (nSPS) is 15.1. The lowest BCUT2D eigenvalue weighted by Gasteiger charge is -2.39. The van der Waals surface area contributed by atoms with Gasteiger partial charge >= 0.3 is 8.97 Å². The number of anilines is 1. The molecule has 6 heteroatoms. The SMILES string of the molecule is Cc1cc(C)c(N2C=CN([Si](OC(C)C)(OC(C)C)OC(C)C)C2)c(C)c1. The van der Waals surface area contributed by atoms with E-state index in [2.05, 4.69) is 54.8 Å². The third kappa shape index (κ3) is 5.35. The molecule has 0 saturated heterocycles. The van der Waals surface area contributed by atoms with E-state index in [0.29, 0.717) is 6.67 Å². The predicted octanol–water partition coefficient (Wildman–Crippen LogP) is 4.87. The van der Waals surface area contributed by atoms with Gasteiger partial charge in [0.2, 0.25) is 0 Å². The summed E-state index contributed by atoms with van der Waals surface area (Å²) >= 11 is 0. The Balaban J connectivity index is 2.35. The van der Waals surface area contributed by atoms with Gasteiger partial charge in [-0.2, -0.15) is 0 Å². The summed E-state index contributed by atoms with van der Waals surface area (Å²) in [4.78, 5) is 2.25. The van der Waals surface area contributed by atoms with Crippen LogP contribution in [0, 0.1) is 20.8 Å². The van der Waals surface area contributed by atoms with E-state index >= 15 is 0 Å². The third-order valence-corrected chi connectivity index (χ3v) is 7.46. The van der Waals surface area contributed by atoms with Crippen molar-refractivity contribution in [2.75, 3.05) is 11.6 Å². The van der Waals surface area contributed by atoms with E-state index < -0.39 is 8.97 Å². The summed E-state index contributed by atoms with van der Waals surface area (Å²) in [7, 11) is -3.07. The summed E-state index contributed by atoms with van der Waals surface area (Å²) in [6.07, 6.45) is 4.19. The van der Waals surface area contributed by atoms with Crippen molar-refractivity contribution in [1.82, 2.24) is 4.57 Å².